The van der Waals surface area contributed by atoms with Crippen LogP contribution in [0.3, 0.4) is 0 Å². The molecule has 0 aliphatic carbocycles. The molecule has 0 bridgehead atoms. The van der Waals surface area contributed by atoms with Gasteiger partial charge in [-0.05, 0) is 38.1 Å². The molecule has 0 spiro atoms. The van der Waals surface area contributed by atoms with Crippen molar-refractivity contribution in [2.45, 2.75) is 20.0 Å². The zero-order valence-corrected chi connectivity index (χ0v) is 10.8. The largest absolute Gasteiger partial charge is 0.416 e. The van der Waals surface area contributed by atoms with E-state index in [4.69, 9.17) is 0 Å². The predicted molar refractivity (Wildman–Crippen MR) is 67.5 cm³/mol. The molecular weight excluding hydrogens is 271 g/mol. The van der Waals surface area contributed by atoms with Crippen molar-refractivity contribution in [2.24, 2.45) is 0 Å². The van der Waals surface area contributed by atoms with Crippen LogP contribution < -0.4 is 5.32 Å². The summed E-state index contributed by atoms with van der Waals surface area (Å²) >= 11 is 0. The van der Waals surface area contributed by atoms with Crippen molar-refractivity contribution >= 4 is 11.6 Å². The number of anilines is 1. The van der Waals surface area contributed by atoms with Gasteiger partial charge in [0.25, 0.3) is 5.91 Å². The zero-order valence-electron chi connectivity index (χ0n) is 10.8. The third-order valence-corrected chi connectivity index (χ3v) is 2.94. The zero-order chi connectivity index (χ0) is 14.9. The Morgan fingerprint density at radius 1 is 1.20 bits per heavy atom. The smallest absolute Gasteiger partial charge is 0.321 e. The highest BCUT2D eigenvalue weighted by Gasteiger charge is 2.30. The first-order valence-corrected chi connectivity index (χ1v) is 5.79. The second-order valence-electron chi connectivity index (χ2n) is 4.35. The van der Waals surface area contributed by atoms with Gasteiger partial charge in [-0.2, -0.15) is 18.3 Å². The number of carbonyl (C=O) groups is 1. The van der Waals surface area contributed by atoms with Crippen molar-refractivity contribution in [2.75, 3.05) is 5.32 Å². The lowest BCUT2D eigenvalue weighted by atomic mass is 10.2. The minimum Gasteiger partial charge on any atom is -0.321 e. The molecule has 1 heterocycles. The summed E-state index contributed by atoms with van der Waals surface area (Å²) in [7, 11) is 0. The molecule has 0 aliphatic rings. The molecule has 0 unspecified atom stereocenters. The van der Waals surface area contributed by atoms with Gasteiger partial charge < -0.3 is 5.32 Å². The number of hydrogen-bond acceptors (Lipinski definition) is 2. The maximum Gasteiger partial charge on any atom is 0.416 e. The molecule has 0 saturated heterocycles. The van der Waals surface area contributed by atoms with Crippen LogP contribution in [0.4, 0.5) is 18.9 Å². The van der Waals surface area contributed by atoms with Crippen LogP contribution in [0.5, 0.6) is 0 Å². The quantitative estimate of drug-likeness (QED) is 0.888. The molecule has 106 valence electrons. The molecule has 4 nitrogen and oxygen atoms in total. The van der Waals surface area contributed by atoms with Crippen LogP contribution in [0.25, 0.3) is 0 Å². The molecule has 2 rings (SSSR count). The van der Waals surface area contributed by atoms with Crippen molar-refractivity contribution in [1.82, 2.24) is 10.2 Å². The molecule has 0 aliphatic heterocycles. The second-order valence-corrected chi connectivity index (χ2v) is 4.35. The molecule has 0 radical (unpaired) electrons. The van der Waals surface area contributed by atoms with Crippen molar-refractivity contribution in [3.05, 3.63) is 46.8 Å². The van der Waals surface area contributed by atoms with Gasteiger partial charge in [-0.15, -0.1) is 0 Å². The van der Waals surface area contributed by atoms with Crippen molar-refractivity contribution in [3.63, 3.8) is 0 Å². The molecule has 7 heteroatoms. The Balaban J connectivity index is 2.15. The lowest BCUT2D eigenvalue weighted by molar-refractivity contribution is -0.137. The van der Waals surface area contributed by atoms with Gasteiger partial charge in [0.05, 0.1) is 5.56 Å². The molecule has 2 N–H and O–H groups in total. The average Bonchev–Trinajstić information content (AvgIpc) is 2.69. The van der Waals surface area contributed by atoms with E-state index in [0.717, 1.165) is 17.8 Å². The van der Waals surface area contributed by atoms with E-state index in [1.807, 2.05) is 0 Å². The molecular formula is C13H12F3N3O. The molecule has 0 fully saturated rings. The Labute approximate surface area is 113 Å². The summed E-state index contributed by atoms with van der Waals surface area (Å²) in [5.41, 5.74) is 1.21. The fourth-order valence-corrected chi connectivity index (χ4v) is 1.64. The molecule has 20 heavy (non-hydrogen) atoms. The first kappa shape index (κ1) is 14.1. The number of aryl methyl sites for hydroxylation is 1. The highest BCUT2D eigenvalue weighted by Crippen LogP contribution is 2.29. The lowest BCUT2D eigenvalue weighted by Crippen LogP contribution is -2.14. The number of hydrogen-bond donors (Lipinski definition) is 2. The minimum atomic E-state index is -4.39. The fourth-order valence-electron chi connectivity index (χ4n) is 1.64. The highest BCUT2D eigenvalue weighted by molar-refractivity contribution is 6.03. The Morgan fingerprint density at radius 2 is 1.80 bits per heavy atom. The standard InChI is InChI=1S/C13H12F3N3O/c1-7-8(2)18-19-11(7)12(20)17-10-5-3-9(4-6-10)13(14,15)16/h3-6H,1-2H3,(H,17,20)(H,18,19). The van der Waals surface area contributed by atoms with Gasteiger partial charge in [-0.1, -0.05) is 0 Å². The van der Waals surface area contributed by atoms with E-state index in [1.54, 1.807) is 13.8 Å². The SMILES string of the molecule is Cc1[nH]nc(C(=O)Nc2ccc(C(F)(F)F)cc2)c1C. The van der Waals surface area contributed by atoms with E-state index in [2.05, 4.69) is 15.5 Å². The first-order chi connectivity index (χ1) is 9.29. The second kappa shape index (κ2) is 4.99. The van der Waals surface area contributed by atoms with Gasteiger partial charge in [-0.25, -0.2) is 0 Å². The van der Waals surface area contributed by atoms with E-state index in [0.29, 0.717) is 5.56 Å². The maximum absolute atomic E-state index is 12.4. The van der Waals surface area contributed by atoms with E-state index in [1.165, 1.54) is 12.1 Å². The Hall–Kier alpha value is -2.31. The number of nitrogens with zero attached hydrogens (tertiary/aromatic N) is 1. The summed E-state index contributed by atoms with van der Waals surface area (Å²) in [6.45, 7) is 3.51. The third-order valence-electron chi connectivity index (χ3n) is 2.94. The van der Waals surface area contributed by atoms with Crippen LogP contribution >= 0.6 is 0 Å². The van der Waals surface area contributed by atoms with Crippen LogP contribution in [-0.2, 0) is 6.18 Å². The van der Waals surface area contributed by atoms with Gasteiger partial charge in [0.1, 0.15) is 0 Å². The average molecular weight is 283 g/mol. The normalized spacial score (nSPS) is 11.4. The molecule has 2 aromatic rings. The number of aromatic amines is 1. The van der Waals surface area contributed by atoms with Gasteiger partial charge in [0.15, 0.2) is 5.69 Å². The van der Waals surface area contributed by atoms with Crippen LogP contribution in [0, 0.1) is 13.8 Å². The number of halogens is 3. The summed E-state index contributed by atoms with van der Waals surface area (Å²) in [6, 6.07) is 4.24. The number of benzene rings is 1. The summed E-state index contributed by atoms with van der Waals surface area (Å²) in [5.74, 6) is -0.466. The molecule has 1 aromatic carbocycles. The summed E-state index contributed by atoms with van der Waals surface area (Å²) < 4.78 is 37.2. The first-order valence-electron chi connectivity index (χ1n) is 5.79. The number of H-pyrrole nitrogens is 1. The van der Waals surface area contributed by atoms with Crippen molar-refractivity contribution < 1.29 is 18.0 Å². The molecule has 0 atom stereocenters. The number of amides is 1. The van der Waals surface area contributed by atoms with Gasteiger partial charge >= 0.3 is 6.18 Å². The van der Waals surface area contributed by atoms with Crippen LogP contribution in [0.15, 0.2) is 24.3 Å². The summed E-state index contributed by atoms with van der Waals surface area (Å²) in [4.78, 5) is 11.9. The van der Waals surface area contributed by atoms with E-state index in [9.17, 15) is 18.0 Å². The van der Waals surface area contributed by atoms with E-state index >= 15 is 0 Å². The number of rotatable bonds is 2. The van der Waals surface area contributed by atoms with Crippen LogP contribution in [-0.4, -0.2) is 16.1 Å². The number of alkyl halides is 3. The molecule has 1 amide bonds. The number of carbonyl (C=O) groups excluding carboxylic acids is 1. The van der Waals surface area contributed by atoms with Crippen molar-refractivity contribution in [1.29, 1.82) is 0 Å². The van der Waals surface area contributed by atoms with Crippen molar-refractivity contribution in [3.8, 4) is 0 Å². The van der Waals surface area contributed by atoms with Crippen LogP contribution in [0.1, 0.15) is 27.3 Å². The van der Waals surface area contributed by atoms with Gasteiger partial charge in [0, 0.05) is 16.9 Å². The molecule has 1 aromatic heterocycles. The minimum absolute atomic E-state index is 0.224. The third kappa shape index (κ3) is 2.81. The topological polar surface area (TPSA) is 57.8 Å². The highest BCUT2D eigenvalue weighted by atomic mass is 19.4. The molecule has 0 saturated carbocycles. The maximum atomic E-state index is 12.4. The van der Waals surface area contributed by atoms with Crippen LogP contribution in [0.2, 0.25) is 0 Å². The fraction of sp³-hybridized carbons (Fsp3) is 0.231. The monoisotopic (exact) mass is 283 g/mol. The summed E-state index contributed by atoms with van der Waals surface area (Å²) in [5, 5.41) is 9.03. The number of aromatic nitrogens is 2. The summed E-state index contributed by atoms with van der Waals surface area (Å²) in [6.07, 6.45) is -4.39. The Morgan fingerprint density at radius 3 is 2.25 bits per heavy atom. The van der Waals surface area contributed by atoms with Gasteiger partial charge in [0.2, 0.25) is 0 Å². The van der Waals surface area contributed by atoms with E-state index < -0.39 is 17.6 Å². The lowest BCUT2D eigenvalue weighted by Gasteiger charge is -2.08. The Kier molecular flexibility index (Phi) is 3.52. The van der Waals surface area contributed by atoms with Gasteiger partial charge in [-0.3, -0.25) is 9.89 Å². The Bertz CT molecular complexity index is 629. The predicted octanol–water partition coefficient (Wildman–Crippen LogP) is 3.30. The van der Waals surface area contributed by atoms with E-state index in [-0.39, 0.29) is 11.4 Å². The number of nitrogens with one attached hydrogen (secondary N) is 2.